The molecule has 0 N–H and O–H groups in total. The normalized spacial score (nSPS) is 13.1. The summed E-state index contributed by atoms with van der Waals surface area (Å²) in [6, 6.07) is 17.5. The minimum atomic E-state index is 1.06. The second-order valence-corrected chi connectivity index (χ2v) is 4.59. The first-order valence-corrected chi connectivity index (χ1v) is 6.33. The predicted octanol–water partition coefficient (Wildman–Crippen LogP) is 4.14. The van der Waals surface area contributed by atoms with E-state index in [1.165, 1.54) is 28.9 Å². The van der Waals surface area contributed by atoms with E-state index in [0.29, 0.717) is 0 Å². The highest BCUT2D eigenvalue weighted by atomic mass is 15.1. The average Bonchev–Trinajstić information content (AvgIpc) is 2.39. The third-order valence-electron chi connectivity index (χ3n) is 3.39. The van der Waals surface area contributed by atoms with E-state index in [1.54, 1.807) is 0 Å². The number of anilines is 2. The molecule has 0 saturated heterocycles. The van der Waals surface area contributed by atoms with E-state index in [4.69, 9.17) is 0 Å². The summed E-state index contributed by atoms with van der Waals surface area (Å²) in [7, 11) is 0. The molecular formula is C16H17N. The summed E-state index contributed by atoms with van der Waals surface area (Å²) in [4.78, 5) is 2.45. The lowest BCUT2D eigenvalue weighted by Gasteiger charge is -2.33. The topological polar surface area (TPSA) is 3.24 Å². The molecule has 0 fully saturated rings. The lowest BCUT2D eigenvalue weighted by Crippen LogP contribution is -2.23. The molecule has 0 spiro atoms. The minimum Gasteiger partial charge on any atom is -0.341 e. The quantitative estimate of drug-likeness (QED) is 0.739. The van der Waals surface area contributed by atoms with Crippen molar-refractivity contribution < 1.29 is 0 Å². The van der Waals surface area contributed by atoms with Crippen molar-refractivity contribution in [2.75, 3.05) is 11.4 Å². The van der Waals surface area contributed by atoms with E-state index in [9.17, 15) is 0 Å². The van der Waals surface area contributed by atoms with E-state index in [-0.39, 0.29) is 0 Å². The Morgan fingerprint density at radius 1 is 0.882 bits per heavy atom. The molecule has 0 amide bonds. The van der Waals surface area contributed by atoms with Gasteiger partial charge in [0.2, 0.25) is 0 Å². The molecule has 1 heteroatoms. The van der Waals surface area contributed by atoms with Gasteiger partial charge in [-0.25, -0.2) is 0 Å². The molecule has 1 nitrogen and oxygen atoms in total. The first kappa shape index (κ1) is 10.4. The maximum absolute atomic E-state index is 2.45. The van der Waals surface area contributed by atoms with Crippen LogP contribution in [0.4, 0.5) is 11.4 Å². The van der Waals surface area contributed by atoms with Crippen LogP contribution in [-0.2, 0) is 6.42 Å². The van der Waals surface area contributed by atoms with Gasteiger partial charge in [0.15, 0.2) is 0 Å². The molecule has 2 aromatic rings. The highest BCUT2D eigenvalue weighted by molar-refractivity contribution is 5.74. The van der Waals surface area contributed by atoms with E-state index >= 15 is 0 Å². The van der Waals surface area contributed by atoms with Crippen LogP contribution in [0.2, 0.25) is 0 Å². The molecule has 86 valence electrons. The third-order valence-corrected chi connectivity index (χ3v) is 3.39. The highest BCUT2D eigenvalue weighted by Crippen LogP contribution is 2.38. The van der Waals surface area contributed by atoms with Crippen LogP contribution < -0.4 is 4.90 Å². The minimum absolute atomic E-state index is 1.06. The number of hydrogen-bond donors (Lipinski definition) is 0. The van der Waals surface area contributed by atoms with E-state index in [2.05, 4.69) is 60.4 Å². The summed E-state index contributed by atoms with van der Waals surface area (Å²) in [5.74, 6) is 0. The summed E-state index contributed by atoms with van der Waals surface area (Å²) >= 11 is 0. The van der Waals surface area contributed by atoms with Crippen LogP contribution in [0.3, 0.4) is 0 Å². The van der Waals surface area contributed by atoms with Crippen molar-refractivity contribution >= 4 is 11.4 Å². The van der Waals surface area contributed by atoms with Crippen molar-refractivity contribution in [2.45, 2.75) is 19.8 Å². The molecule has 0 saturated carbocycles. The first-order valence-electron chi connectivity index (χ1n) is 6.33. The fourth-order valence-electron chi connectivity index (χ4n) is 2.65. The fraction of sp³-hybridized carbons (Fsp3) is 0.250. The summed E-state index contributed by atoms with van der Waals surface area (Å²) in [5.41, 5.74) is 5.65. The van der Waals surface area contributed by atoms with Crippen LogP contribution in [0.25, 0.3) is 0 Å². The Balaban J connectivity index is 2.13. The maximum Gasteiger partial charge on any atom is 0.0446 e. The van der Waals surface area contributed by atoms with Gasteiger partial charge in [-0.05, 0) is 29.7 Å². The highest BCUT2D eigenvalue weighted by Gasteiger charge is 2.20. The average molecular weight is 223 g/mol. The lowest BCUT2D eigenvalue weighted by atomic mass is 9.95. The Bertz CT molecular complexity index is 485. The van der Waals surface area contributed by atoms with Gasteiger partial charge in [0, 0.05) is 24.3 Å². The summed E-state index contributed by atoms with van der Waals surface area (Å²) < 4.78 is 0. The van der Waals surface area contributed by atoms with Gasteiger partial charge in [-0.1, -0.05) is 43.3 Å². The van der Waals surface area contributed by atoms with Crippen LogP contribution in [0.15, 0.2) is 48.5 Å². The molecule has 17 heavy (non-hydrogen) atoms. The van der Waals surface area contributed by atoms with Gasteiger partial charge < -0.3 is 4.90 Å². The number of nitrogens with zero attached hydrogens (tertiary/aromatic N) is 1. The van der Waals surface area contributed by atoms with Gasteiger partial charge >= 0.3 is 0 Å². The molecule has 1 aliphatic rings. The zero-order valence-corrected chi connectivity index (χ0v) is 10.2. The van der Waals surface area contributed by atoms with Gasteiger partial charge in [-0.15, -0.1) is 0 Å². The predicted molar refractivity (Wildman–Crippen MR) is 73.0 cm³/mol. The lowest BCUT2D eigenvalue weighted by molar-refractivity contribution is 0.862. The van der Waals surface area contributed by atoms with Crippen LogP contribution >= 0.6 is 0 Å². The Morgan fingerprint density at radius 3 is 1.94 bits per heavy atom. The molecule has 1 aliphatic heterocycles. The summed E-state index contributed by atoms with van der Waals surface area (Å²) in [6.07, 6.45) is 2.23. The van der Waals surface area contributed by atoms with E-state index < -0.39 is 0 Å². The monoisotopic (exact) mass is 223 g/mol. The second-order valence-electron chi connectivity index (χ2n) is 4.59. The Hall–Kier alpha value is -1.76. The second kappa shape index (κ2) is 4.25. The number of para-hydroxylation sites is 2. The molecule has 1 heterocycles. The van der Waals surface area contributed by atoms with Gasteiger partial charge in [0.05, 0.1) is 0 Å². The zero-order valence-electron chi connectivity index (χ0n) is 10.2. The fourth-order valence-corrected chi connectivity index (χ4v) is 2.65. The number of hydrogen-bond acceptors (Lipinski definition) is 1. The molecule has 0 aliphatic carbocycles. The molecule has 0 radical (unpaired) electrons. The number of rotatable bonds is 2. The molecule has 0 atom stereocenters. The Labute approximate surface area is 103 Å². The zero-order chi connectivity index (χ0) is 11.7. The Morgan fingerprint density at radius 2 is 1.41 bits per heavy atom. The largest absolute Gasteiger partial charge is 0.341 e. The van der Waals surface area contributed by atoms with Crippen molar-refractivity contribution in [3.8, 4) is 0 Å². The molecule has 0 aromatic heterocycles. The van der Waals surface area contributed by atoms with E-state index in [0.717, 1.165) is 13.0 Å². The van der Waals surface area contributed by atoms with Crippen LogP contribution in [0.1, 0.15) is 24.5 Å². The van der Waals surface area contributed by atoms with Crippen LogP contribution in [-0.4, -0.2) is 6.54 Å². The van der Waals surface area contributed by atoms with Crippen molar-refractivity contribution in [1.29, 1.82) is 0 Å². The van der Waals surface area contributed by atoms with Crippen LogP contribution in [0.5, 0.6) is 0 Å². The van der Waals surface area contributed by atoms with Crippen molar-refractivity contribution in [3.05, 3.63) is 59.7 Å². The summed E-state index contributed by atoms with van der Waals surface area (Å²) in [5, 5.41) is 0. The van der Waals surface area contributed by atoms with Crippen molar-refractivity contribution in [3.63, 3.8) is 0 Å². The molecule has 0 unspecified atom stereocenters. The van der Waals surface area contributed by atoms with Gasteiger partial charge in [-0.2, -0.15) is 0 Å². The molecule has 2 aromatic carbocycles. The molecule has 3 rings (SSSR count). The molecular weight excluding hydrogens is 206 g/mol. The Kier molecular flexibility index (Phi) is 2.60. The van der Waals surface area contributed by atoms with Gasteiger partial charge in [0.25, 0.3) is 0 Å². The maximum atomic E-state index is 2.45. The molecule has 0 bridgehead atoms. The number of benzene rings is 2. The van der Waals surface area contributed by atoms with E-state index in [1.807, 2.05) is 0 Å². The van der Waals surface area contributed by atoms with Crippen LogP contribution in [0, 0.1) is 0 Å². The number of fused-ring (bicyclic) bond motifs is 2. The first-order chi connectivity index (χ1) is 8.40. The van der Waals surface area contributed by atoms with Gasteiger partial charge in [-0.3, -0.25) is 0 Å². The smallest absolute Gasteiger partial charge is 0.0446 e. The summed E-state index contributed by atoms with van der Waals surface area (Å²) in [6.45, 7) is 3.33. The van der Waals surface area contributed by atoms with Crippen molar-refractivity contribution in [2.24, 2.45) is 0 Å². The van der Waals surface area contributed by atoms with Gasteiger partial charge in [0.1, 0.15) is 0 Å². The standard InChI is InChI=1S/C16H17N/c1-2-11-17-15-9-5-3-7-13(15)12-14-8-4-6-10-16(14)17/h3-10H,2,11-12H2,1H3. The van der Waals surface area contributed by atoms with Crippen molar-refractivity contribution in [1.82, 2.24) is 0 Å². The SMILES string of the molecule is CCCN1c2ccccc2Cc2ccccc21. The third kappa shape index (κ3) is 1.72.